The fraction of sp³-hybridized carbons (Fsp3) is 0. The predicted octanol–water partition coefficient (Wildman–Crippen LogP) is 6.48. The van der Waals surface area contributed by atoms with Crippen molar-refractivity contribution in [3.63, 3.8) is 0 Å². The summed E-state index contributed by atoms with van der Waals surface area (Å²) in [5, 5.41) is 0.238. The molecule has 96 valence electrons. The third-order valence-corrected chi connectivity index (χ3v) is 4.30. The molecule has 2 heteroatoms. The Morgan fingerprint density at radius 1 is 0.850 bits per heavy atom. The van der Waals surface area contributed by atoms with Crippen LogP contribution in [0.15, 0.2) is 70.9 Å². The van der Waals surface area contributed by atoms with Gasteiger partial charge in [0.05, 0.1) is 15.1 Å². The number of benzene rings is 3. The monoisotopic (exact) mass is 349 g/mol. The molecule has 0 N–H and O–H groups in total. The van der Waals surface area contributed by atoms with E-state index in [4.69, 9.17) is 15.1 Å². The lowest BCUT2D eigenvalue weighted by Gasteiger charge is -2.04. The second-order valence-corrected chi connectivity index (χ2v) is 5.76. The van der Waals surface area contributed by atoms with Crippen LogP contribution in [0.5, 0.6) is 0 Å². The largest absolute Gasteiger partial charge is 0.135 e. The van der Waals surface area contributed by atoms with E-state index in [0.29, 0.717) is 0 Å². The smallest absolute Gasteiger partial charge is 0.0642 e. The summed E-state index contributed by atoms with van der Waals surface area (Å²) in [5.74, 6) is 0. The second-order valence-electron chi connectivity index (χ2n) is 3.95. The number of fused-ring (bicyclic) bond motifs is 3. The fourth-order valence-electron chi connectivity index (χ4n) is 1.97. The normalized spacial score (nSPS) is 18.9. The third kappa shape index (κ3) is 1.88. The van der Waals surface area contributed by atoms with Crippen molar-refractivity contribution >= 4 is 47.4 Å². The lowest BCUT2D eigenvalue weighted by molar-refractivity contribution is 1.66. The quantitative estimate of drug-likeness (QED) is 0.368. The third-order valence-electron chi connectivity index (χ3n) is 2.78. The molecule has 0 radical (unpaired) electrons. The first-order chi connectivity index (χ1) is 14.4. The molecule has 0 nitrogen and oxygen atoms in total. The van der Waals surface area contributed by atoms with Gasteiger partial charge in [0.1, 0.15) is 0 Å². The van der Waals surface area contributed by atoms with Gasteiger partial charge in [-0.05, 0) is 23.7 Å². The maximum atomic E-state index is 8.54. The van der Waals surface area contributed by atoms with Crippen LogP contribution >= 0.6 is 27.3 Å². The van der Waals surface area contributed by atoms with Crippen molar-refractivity contribution in [2.75, 3.05) is 0 Å². The average Bonchev–Trinajstić information content (AvgIpc) is 3.14. The molecule has 0 aliphatic heterocycles. The molecule has 0 bridgehead atoms. The first-order valence-electron chi connectivity index (χ1n) is 11.1. The number of hydrogen-bond donors (Lipinski definition) is 0. The first kappa shape index (κ1) is 5.28. The van der Waals surface area contributed by atoms with Gasteiger partial charge >= 0.3 is 0 Å². The van der Waals surface area contributed by atoms with Crippen molar-refractivity contribution in [1.82, 2.24) is 0 Å². The highest BCUT2D eigenvalue weighted by Crippen LogP contribution is 2.41. The van der Waals surface area contributed by atoms with Crippen LogP contribution in [-0.4, -0.2) is 0 Å². The molecule has 0 unspecified atom stereocenters. The molecule has 4 rings (SSSR count). The van der Waals surface area contributed by atoms with E-state index in [0.717, 1.165) is 11.3 Å². The molecule has 4 aromatic rings. The van der Waals surface area contributed by atoms with Crippen LogP contribution in [0, 0.1) is 0 Å². The summed E-state index contributed by atoms with van der Waals surface area (Å²) < 4.78 is 90.2. The highest BCUT2D eigenvalue weighted by molar-refractivity contribution is 9.10. The van der Waals surface area contributed by atoms with Crippen LogP contribution in [0.4, 0.5) is 0 Å². The predicted molar refractivity (Wildman–Crippen MR) is 92.5 cm³/mol. The van der Waals surface area contributed by atoms with Gasteiger partial charge < -0.3 is 0 Å². The summed E-state index contributed by atoms with van der Waals surface area (Å²) in [5.41, 5.74) is -0.239. The van der Waals surface area contributed by atoms with Crippen LogP contribution in [0.1, 0.15) is 15.1 Å². The van der Waals surface area contributed by atoms with E-state index in [-0.39, 0.29) is 59.9 Å². The zero-order valence-electron chi connectivity index (χ0n) is 20.8. The molecule has 0 aliphatic rings. The molecule has 20 heavy (non-hydrogen) atoms. The molecule has 0 amide bonds. The van der Waals surface area contributed by atoms with E-state index in [2.05, 4.69) is 15.9 Å². The van der Waals surface area contributed by atoms with Crippen molar-refractivity contribution in [1.29, 1.82) is 0 Å². The molecule has 0 atom stereocenters. The average molecular weight is 350 g/mol. The number of halogens is 1. The molecule has 1 heterocycles. The number of rotatable bonds is 1. The lowest BCUT2D eigenvalue weighted by atomic mass is 10.0. The Kier molecular flexibility index (Phi) is 1.25. The van der Waals surface area contributed by atoms with Crippen molar-refractivity contribution in [2.45, 2.75) is 0 Å². The van der Waals surface area contributed by atoms with Crippen LogP contribution < -0.4 is 0 Å². The molecule has 3 aromatic carbocycles. The van der Waals surface area contributed by atoms with Gasteiger partial charge in [0.2, 0.25) is 0 Å². The molecule has 0 saturated heterocycles. The van der Waals surface area contributed by atoms with Crippen LogP contribution in [0.25, 0.3) is 31.3 Å². The van der Waals surface area contributed by atoms with Gasteiger partial charge in [0.15, 0.2) is 0 Å². The zero-order chi connectivity index (χ0) is 23.1. The molecule has 0 aliphatic carbocycles. The molecular weight excluding hydrogens is 328 g/mol. The van der Waals surface area contributed by atoms with Gasteiger partial charge in [-0.15, -0.1) is 11.3 Å². The minimum absolute atomic E-state index is 0.00563. The number of thiophene rings is 1. The van der Waals surface area contributed by atoms with Gasteiger partial charge in [0, 0.05) is 30.2 Å². The Labute approximate surface area is 145 Å². The summed E-state index contributed by atoms with van der Waals surface area (Å²) in [7, 11) is 0. The summed E-state index contributed by atoms with van der Waals surface area (Å²) in [6, 6.07) is -4.72. The Morgan fingerprint density at radius 3 is 2.45 bits per heavy atom. The fourth-order valence-corrected chi connectivity index (χ4v) is 3.44. The van der Waals surface area contributed by atoms with Gasteiger partial charge in [-0.2, -0.15) is 0 Å². The lowest BCUT2D eigenvalue weighted by Crippen LogP contribution is -1.78. The summed E-state index contributed by atoms with van der Waals surface area (Å²) in [4.78, 5) is 0. The summed E-state index contributed by atoms with van der Waals surface area (Å²) in [6.45, 7) is 0. The van der Waals surface area contributed by atoms with E-state index < -0.39 is 42.3 Å². The Hall–Kier alpha value is -1.64. The molecular formula is C18H11BrS. The zero-order valence-corrected chi connectivity index (χ0v) is 12.2. The summed E-state index contributed by atoms with van der Waals surface area (Å²) in [6.07, 6.45) is 0. The maximum absolute atomic E-state index is 8.54. The van der Waals surface area contributed by atoms with Gasteiger partial charge in [0.25, 0.3) is 0 Å². The topological polar surface area (TPSA) is 0 Å². The Balaban J connectivity index is 2.36. The molecule has 0 saturated carbocycles. The highest BCUT2D eigenvalue weighted by Gasteiger charge is 2.11. The van der Waals surface area contributed by atoms with E-state index in [1.807, 2.05) is 0 Å². The van der Waals surface area contributed by atoms with E-state index in [1.54, 1.807) is 0 Å². The number of hydrogen-bond acceptors (Lipinski definition) is 1. The van der Waals surface area contributed by atoms with Crippen LogP contribution in [0.3, 0.4) is 0 Å². The van der Waals surface area contributed by atoms with Crippen molar-refractivity contribution in [2.24, 2.45) is 0 Å². The minimum Gasteiger partial charge on any atom is -0.135 e. The van der Waals surface area contributed by atoms with Crippen LogP contribution in [0.2, 0.25) is 0 Å². The molecule has 0 spiro atoms. The van der Waals surface area contributed by atoms with Crippen LogP contribution in [-0.2, 0) is 0 Å². The minimum atomic E-state index is -0.575. The molecule has 1 aromatic heterocycles. The molecule has 0 fully saturated rings. The van der Waals surface area contributed by atoms with Gasteiger partial charge in [-0.25, -0.2) is 0 Å². The van der Waals surface area contributed by atoms with Crippen molar-refractivity contribution in [3.8, 4) is 11.1 Å². The maximum Gasteiger partial charge on any atom is 0.0642 e. The first-order valence-corrected chi connectivity index (χ1v) is 7.21. The Bertz CT molecular complexity index is 1430. The SMILES string of the molecule is [2H]c1c([2H])c([2H])c(-c2c([2H])c(Br)c([2H])c3c2sc2c([2H])c([2H])c([2H])c([2H])c23)c([2H])c1[2H]. The van der Waals surface area contributed by atoms with E-state index >= 15 is 0 Å². The van der Waals surface area contributed by atoms with Gasteiger partial charge in [-0.3, -0.25) is 0 Å². The Morgan fingerprint density at radius 2 is 1.60 bits per heavy atom. The summed E-state index contributed by atoms with van der Waals surface area (Å²) >= 11 is 4.09. The second kappa shape index (κ2) is 4.72. The van der Waals surface area contributed by atoms with Crippen molar-refractivity contribution < 1.29 is 15.1 Å². The highest BCUT2D eigenvalue weighted by atomic mass is 79.9. The van der Waals surface area contributed by atoms with E-state index in [9.17, 15) is 0 Å². The van der Waals surface area contributed by atoms with E-state index in [1.165, 1.54) is 0 Å². The standard InChI is InChI=1S/C18H11BrS/c19-13-10-15(12-6-2-1-3-7-12)18-16(11-13)14-8-4-5-9-17(14)20-18/h1-11H/i1D,2D,3D,4D,5D,6D,7D,8D,9D,10D,11D. The van der Waals surface area contributed by atoms with Crippen molar-refractivity contribution in [3.05, 3.63) is 70.9 Å². The van der Waals surface area contributed by atoms with Gasteiger partial charge in [-0.1, -0.05) is 64.3 Å².